The van der Waals surface area contributed by atoms with Gasteiger partial charge >= 0.3 is 0 Å². The minimum Gasteiger partial charge on any atom is -0.338 e. The smallest absolute Gasteiger partial charge is 0.257 e. The molecule has 0 aliphatic rings. The number of amides is 1. The van der Waals surface area contributed by atoms with Gasteiger partial charge in [0.05, 0.1) is 28.5 Å². The van der Waals surface area contributed by atoms with Gasteiger partial charge in [-0.2, -0.15) is 5.10 Å². The van der Waals surface area contributed by atoms with E-state index < -0.39 is 0 Å². The third-order valence-corrected chi connectivity index (χ3v) is 5.33. The Hall–Kier alpha value is -4.07. The van der Waals surface area contributed by atoms with E-state index in [9.17, 15) is 9.18 Å². The standard InChI is InChI=1S/C24H21FN6O/c1-13(2)31-23-16(12-26-31)10-19(14(3)27-23)24(32)28-18-7-8-20-21(11-18)30-22(29-20)15-5-4-6-17(25)9-15/h4-13H,1-3H3,(H,28,32)(H,29,30). The van der Waals surface area contributed by atoms with Crippen LogP contribution in [-0.2, 0) is 0 Å². The highest BCUT2D eigenvalue weighted by Crippen LogP contribution is 2.25. The lowest BCUT2D eigenvalue weighted by Gasteiger charge is -2.10. The van der Waals surface area contributed by atoms with E-state index in [-0.39, 0.29) is 17.8 Å². The Labute approximate surface area is 183 Å². The second kappa shape index (κ2) is 7.56. The molecule has 7 nitrogen and oxygen atoms in total. The Kier molecular flexibility index (Phi) is 4.70. The predicted molar refractivity (Wildman–Crippen MR) is 122 cm³/mol. The zero-order valence-corrected chi connectivity index (χ0v) is 17.8. The SMILES string of the molecule is Cc1nc2c(cnn2C(C)C)cc1C(=O)Nc1ccc2nc(-c3cccc(F)c3)[nH]c2c1. The fourth-order valence-corrected chi connectivity index (χ4v) is 3.73. The lowest BCUT2D eigenvalue weighted by Crippen LogP contribution is -2.14. The summed E-state index contributed by atoms with van der Waals surface area (Å²) < 4.78 is 15.4. The van der Waals surface area contributed by atoms with Crippen molar-refractivity contribution in [1.82, 2.24) is 24.7 Å². The number of rotatable bonds is 4. The molecule has 0 spiro atoms. The lowest BCUT2D eigenvalue weighted by atomic mass is 10.1. The monoisotopic (exact) mass is 428 g/mol. The van der Waals surface area contributed by atoms with Crippen molar-refractivity contribution >= 4 is 33.7 Å². The summed E-state index contributed by atoms with van der Waals surface area (Å²) in [4.78, 5) is 25.3. The number of benzene rings is 2. The molecule has 0 aliphatic heterocycles. The van der Waals surface area contributed by atoms with E-state index in [1.54, 1.807) is 30.5 Å². The highest BCUT2D eigenvalue weighted by Gasteiger charge is 2.16. The maximum absolute atomic E-state index is 13.5. The van der Waals surface area contributed by atoms with Gasteiger partial charge in [0.25, 0.3) is 5.91 Å². The van der Waals surface area contributed by atoms with Crippen LogP contribution in [-0.4, -0.2) is 30.6 Å². The van der Waals surface area contributed by atoms with E-state index in [0.717, 1.165) is 22.1 Å². The van der Waals surface area contributed by atoms with E-state index in [1.165, 1.54) is 12.1 Å². The first-order valence-corrected chi connectivity index (χ1v) is 10.3. The third kappa shape index (κ3) is 3.49. The maximum atomic E-state index is 13.5. The number of aromatic nitrogens is 5. The van der Waals surface area contributed by atoms with Crippen molar-refractivity contribution in [2.75, 3.05) is 5.32 Å². The molecule has 0 atom stereocenters. The van der Waals surface area contributed by atoms with Crippen molar-refractivity contribution < 1.29 is 9.18 Å². The molecule has 0 saturated carbocycles. The van der Waals surface area contributed by atoms with Crippen molar-refractivity contribution in [1.29, 1.82) is 0 Å². The first-order valence-electron chi connectivity index (χ1n) is 10.3. The van der Waals surface area contributed by atoms with Gasteiger partial charge in [0.2, 0.25) is 0 Å². The largest absolute Gasteiger partial charge is 0.338 e. The van der Waals surface area contributed by atoms with Crippen molar-refractivity contribution in [3.63, 3.8) is 0 Å². The van der Waals surface area contributed by atoms with Gasteiger partial charge < -0.3 is 10.3 Å². The van der Waals surface area contributed by atoms with Gasteiger partial charge in [-0.05, 0) is 57.2 Å². The van der Waals surface area contributed by atoms with E-state index >= 15 is 0 Å². The van der Waals surface area contributed by atoms with E-state index in [1.807, 2.05) is 37.6 Å². The summed E-state index contributed by atoms with van der Waals surface area (Å²) in [6, 6.07) is 13.6. The molecule has 0 radical (unpaired) electrons. The van der Waals surface area contributed by atoms with Crippen LogP contribution >= 0.6 is 0 Å². The molecule has 0 bridgehead atoms. The number of nitrogens with zero attached hydrogens (tertiary/aromatic N) is 4. The molecule has 5 aromatic rings. The number of halogens is 1. The van der Waals surface area contributed by atoms with Gasteiger partial charge in [0.1, 0.15) is 11.6 Å². The summed E-state index contributed by atoms with van der Waals surface area (Å²) in [5.41, 5.74) is 4.63. The Morgan fingerprint density at radius 3 is 2.75 bits per heavy atom. The molecule has 3 aromatic heterocycles. The Balaban J connectivity index is 1.44. The number of hydrogen-bond donors (Lipinski definition) is 2. The number of pyridine rings is 1. The maximum Gasteiger partial charge on any atom is 0.257 e. The average molecular weight is 428 g/mol. The van der Waals surface area contributed by atoms with Crippen molar-refractivity contribution in [3.05, 3.63) is 71.8 Å². The van der Waals surface area contributed by atoms with Crippen LogP contribution in [0, 0.1) is 12.7 Å². The van der Waals surface area contributed by atoms with E-state index in [4.69, 9.17) is 0 Å². The number of aromatic amines is 1. The molecule has 0 unspecified atom stereocenters. The van der Waals surface area contributed by atoms with Gasteiger partial charge in [0, 0.05) is 22.7 Å². The number of H-pyrrole nitrogens is 1. The number of carbonyl (C=O) groups excluding carboxylic acids is 1. The quantitative estimate of drug-likeness (QED) is 0.409. The molecule has 160 valence electrons. The molecule has 2 aromatic carbocycles. The first kappa shape index (κ1) is 19.9. The van der Waals surface area contributed by atoms with Crippen LogP contribution in [0.2, 0.25) is 0 Å². The van der Waals surface area contributed by atoms with E-state index in [0.29, 0.717) is 28.3 Å². The Morgan fingerprint density at radius 2 is 1.97 bits per heavy atom. The first-order chi connectivity index (χ1) is 15.4. The van der Waals surface area contributed by atoms with Crippen LogP contribution in [0.3, 0.4) is 0 Å². The van der Waals surface area contributed by atoms with Crippen LogP contribution in [0.5, 0.6) is 0 Å². The molecular weight excluding hydrogens is 407 g/mol. The average Bonchev–Trinajstić information content (AvgIpc) is 3.36. The van der Waals surface area contributed by atoms with Gasteiger partial charge in [-0.3, -0.25) is 4.79 Å². The predicted octanol–water partition coefficient (Wildman–Crippen LogP) is 5.26. The molecule has 0 aliphatic carbocycles. The molecule has 2 N–H and O–H groups in total. The summed E-state index contributed by atoms with van der Waals surface area (Å²) in [5.74, 6) is -0.00940. The van der Waals surface area contributed by atoms with Gasteiger partial charge in [-0.1, -0.05) is 12.1 Å². The van der Waals surface area contributed by atoms with Crippen LogP contribution in [0.25, 0.3) is 33.5 Å². The number of imidazole rings is 1. The lowest BCUT2D eigenvalue weighted by molar-refractivity contribution is 0.102. The third-order valence-electron chi connectivity index (χ3n) is 5.33. The minimum absolute atomic E-state index is 0.178. The Morgan fingerprint density at radius 1 is 1.12 bits per heavy atom. The summed E-state index contributed by atoms with van der Waals surface area (Å²) in [6.45, 7) is 5.89. The summed E-state index contributed by atoms with van der Waals surface area (Å²) in [6.07, 6.45) is 1.73. The molecular formula is C24H21FN6O. The molecule has 8 heteroatoms. The number of anilines is 1. The van der Waals surface area contributed by atoms with Crippen LogP contribution in [0.15, 0.2) is 54.7 Å². The highest BCUT2D eigenvalue weighted by atomic mass is 19.1. The number of hydrogen-bond acceptors (Lipinski definition) is 4. The van der Waals surface area contributed by atoms with Gasteiger partial charge in [-0.15, -0.1) is 0 Å². The second-order valence-electron chi connectivity index (χ2n) is 8.00. The van der Waals surface area contributed by atoms with Crippen molar-refractivity contribution in [3.8, 4) is 11.4 Å². The summed E-state index contributed by atoms with van der Waals surface area (Å²) in [7, 11) is 0. The van der Waals surface area contributed by atoms with Crippen LogP contribution in [0.4, 0.5) is 10.1 Å². The van der Waals surface area contributed by atoms with Crippen LogP contribution in [0.1, 0.15) is 35.9 Å². The fraction of sp³-hybridized carbons (Fsp3) is 0.167. The van der Waals surface area contributed by atoms with Gasteiger partial charge in [0.15, 0.2) is 5.65 Å². The molecule has 3 heterocycles. The molecule has 5 rings (SSSR count). The molecule has 32 heavy (non-hydrogen) atoms. The van der Waals surface area contributed by atoms with Crippen molar-refractivity contribution in [2.45, 2.75) is 26.8 Å². The number of fused-ring (bicyclic) bond motifs is 2. The Bertz CT molecular complexity index is 1480. The van der Waals surface area contributed by atoms with Crippen LogP contribution < -0.4 is 5.32 Å². The highest BCUT2D eigenvalue weighted by molar-refractivity contribution is 6.07. The summed E-state index contributed by atoms with van der Waals surface area (Å²) >= 11 is 0. The summed E-state index contributed by atoms with van der Waals surface area (Å²) in [5, 5.41) is 8.12. The molecule has 1 amide bonds. The van der Waals surface area contributed by atoms with E-state index in [2.05, 4.69) is 25.4 Å². The second-order valence-corrected chi connectivity index (χ2v) is 8.00. The number of carbonyl (C=O) groups is 1. The topological polar surface area (TPSA) is 88.5 Å². The minimum atomic E-state index is -0.323. The fourth-order valence-electron chi connectivity index (χ4n) is 3.73. The number of aryl methyl sites for hydroxylation is 1. The zero-order valence-electron chi connectivity index (χ0n) is 17.8. The molecule has 0 fully saturated rings. The molecule has 0 saturated heterocycles. The normalized spacial score (nSPS) is 11.5. The zero-order chi connectivity index (χ0) is 22.4. The number of nitrogens with one attached hydrogen (secondary N) is 2. The van der Waals surface area contributed by atoms with Crippen molar-refractivity contribution in [2.24, 2.45) is 0 Å². The van der Waals surface area contributed by atoms with Gasteiger partial charge in [-0.25, -0.2) is 19.0 Å².